The molecule has 0 radical (unpaired) electrons. The smallest absolute Gasteiger partial charge is 0.165 e. The number of pyridine rings is 1. The lowest BCUT2D eigenvalue weighted by molar-refractivity contribution is 0.669. The minimum absolute atomic E-state index is 0.549. The van der Waals surface area contributed by atoms with Gasteiger partial charge >= 0.3 is 0 Å². The molecule has 0 aliphatic carbocycles. The maximum Gasteiger partial charge on any atom is 0.165 e. The zero-order chi connectivity index (χ0) is 37.0. The van der Waals surface area contributed by atoms with E-state index in [1.54, 1.807) is 0 Å². The predicted molar refractivity (Wildman–Crippen MR) is 226 cm³/mol. The average molecular weight is 718 g/mol. The summed E-state index contributed by atoms with van der Waals surface area (Å²) in [6, 6.07) is 60.7. The molecule has 0 saturated heterocycles. The van der Waals surface area contributed by atoms with Crippen LogP contribution in [0.15, 0.2) is 193 Å². The topological polar surface area (TPSA) is 69.6 Å². The fourth-order valence-corrected chi connectivity index (χ4v) is 7.92. The number of rotatable bonds is 6. The maximum absolute atomic E-state index is 6.27. The van der Waals surface area contributed by atoms with Crippen LogP contribution in [-0.2, 0) is 0 Å². The number of aromatic nitrogens is 5. The molecule has 4 heterocycles. The highest BCUT2D eigenvalue weighted by Gasteiger charge is 2.18. The van der Waals surface area contributed by atoms with Crippen molar-refractivity contribution in [3.8, 4) is 62.1 Å². The summed E-state index contributed by atoms with van der Waals surface area (Å²) in [6.45, 7) is 0. The summed E-state index contributed by atoms with van der Waals surface area (Å²) in [5, 5.41) is 4.54. The Hall–Kier alpha value is -7.70. The van der Waals surface area contributed by atoms with E-state index in [1.807, 2.05) is 67.0 Å². The van der Waals surface area contributed by atoms with Crippen LogP contribution in [0.2, 0.25) is 0 Å². The fourth-order valence-electron chi connectivity index (χ4n) is 7.92. The molecular formula is C50H31N5O. The van der Waals surface area contributed by atoms with Crippen LogP contribution in [0.1, 0.15) is 0 Å². The molecule has 0 spiro atoms. The van der Waals surface area contributed by atoms with Crippen LogP contribution < -0.4 is 0 Å². The minimum atomic E-state index is 0.549. The van der Waals surface area contributed by atoms with Gasteiger partial charge in [0.2, 0.25) is 0 Å². The van der Waals surface area contributed by atoms with E-state index in [2.05, 4.69) is 126 Å². The SMILES string of the molecule is c1ccc(-c2cccc(-c3nc(-c4ccccc4)nc(-c4cncc(-n5c6ccccc6c6ccc(-c7cccc8oc9ccccc9c78)cc65)c4)n3)c2)cc1. The second-order valence-corrected chi connectivity index (χ2v) is 13.9. The Morgan fingerprint density at radius 1 is 0.375 bits per heavy atom. The second-order valence-electron chi connectivity index (χ2n) is 13.9. The zero-order valence-corrected chi connectivity index (χ0v) is 30.0. The number of benzene rings is 7. The third-order valence-corrected chi connectivity index (χ3v) is 10.5. The van der Waals surface area contributed by atoms with Gasteiger partial charge in [-0.05, 0) is 58.7 Å². The highest BCUT2D eigenvalue weighted by Crippen LogP contribution is 2.40. The highest BCUT2D eigenvalue weighted by atomic mass is 16.3. The molecule has 11 aromatic rings. The van der Waals surface area contributed by atoms with Crippen molar-refractivity contribution in [3.63, 3.8) is 0 Å². The van der Waals surface area contributed by atoms with Gasteiger partial charge in [0.25, 0.3) is 0 Å². The van der Waals surface area contributed by atoms with Crippen LogP contribution in [-0.4, -0.2) is 24.5 Å². The van der Waals surface area contributed by atoms with Gasteiger partial charge in [0.15, 0.2) is 17.5 Å². The number of furan rings is 1. The monoisotopic (exact) mass is 717 g/mol. The van der Waals surface area contributed by atoms with E-state index in [0.717, 1.165) is 83.0 Å². The fraction of sp³-hybridized carbons (Fsp3) is 0. The Kier molecular flexibility index (Phi) is 7.38. The molecule has 262 valence electrons. The largest absolute Gasteiger partial charge is 0.456 e. The second kappa shape index (κ2) is 13.0. The third-order valence-electron chi connectivity index (χ3n) is 10.5. The Morgan fingerprint density at radius 2 is 1.00 bits per heavy atom. The van der Waals surface area contributed by atoms with Crippen molar-refractivity contribution in [1.82, 2.24) is 24.5 Å². The summed E-state index contributed by atoms with van der Waals surface area (Å²) in [4.78, 5) is 20.0. The van der Waals surface area contributed by atoms with Crippen molar-refractivity contribution < 1.29 is 4.42 Å². The molecule has 0 atom stereocenters. The molecule has 11 rings (SSSR count). The lowest BCUT2D eigenvalue weighted by atomic mass is 9.98. The summed E-state index contributed by atoms with van der Waals surface area (Å²) >= 11 is 0. The molecule has 0 saturated carbocycles. The molecule has 0 bridgehead atoms. The number of hydrogen-bond donors (Lipinski definition) is 0. The standard InChI is InChI=1S/C50H31N5O/c1-3-13-32(14-4-1)34-17-11-18-36(27-34)49-52-48(33-15-5-2-6-16-33)53-50(54-49)37-28-38(31-51-30-37)55-43-22-9-7-19-40(43)41-26-25-35(29-44(41)55)39-21-12-24-46-47(39)42-20-8-10-23-45(42)56-46/h1-31H. The molecule has 0 fully saturated rings. The summed E-state index contributed by atoms with van der Waals surface area (Å²) in [5.74, 6) is 1.75. The first kappa shape index (κ1) is 31.8. The quantitative estimate of drug-likeness (QED) is 0.171. The van der Waals surface area contributed by atoms with E-state index in [1.165, 1.54) is 5.39 Å². The molecule has 6 heteroatoms. The molecule has 4 aromatic heterocycles. The van der Waals surface area contributed by atoms with Crippen LogP contribution in [0.3, 0.4) is 0 Å². The number of fused-ring (bicyclic) bond motifs is 6. The number of para-hydroxylation sites is 2. The summed E-state index contributed by atoms with van der Waals surface area (Å²) in [6.07, 6.45) is 3.75. The van der Waals surface area contributed by atoms with Crippen molar-refractivity contribution >= 4 is 43.7 Å². The van der Waals surface area contributed by atoms with Gasteiger partial charge in [-0.1, -0.05) is 140 Å². The van der Waals surface area contributed by atoms with Crippen LogP contribution in [0.5, 0.6) is 0 Å². The Bertz CT molecular complexity index is 3260. The molecular weight excluding hydrogens is 687 g/mol. The molecule has 7 aromatic carbocycles. The highest BCUT2D eigenvalue weighted by molar-refractivity contribution is 6.14. The summed E-state index contributed by atoms with van der Waals surface area (Å²) in [5.41, 5.74) is 11.9. The summed E-state index contributed by atoms with van der Waals surface area (Å²) in [7, 11) is 0. The molecule has 6 nitrogen and oxygen atoms in total. The first-order valence-electron chi connectivity index (χ1n) is 18.6. The van der Waals surface area contributed by atoms with Gasteiger partial charge in [0.05, 0.1) is 22.9 Å². The van der Waals surface area contributed by atoms with Gasteiger partial charge in [-0.15, -0.1) is 0 Å². The first-order valence-corrected chi connectivity index (χ1v) is 18.6. The van der Waals surface area contributed by atoms with Gasteiger partial charge in [0.1, 0.15) is 11.2 Å². The normalized spacial score (nSPS) is 11.6. The lowest BCUT2D eigenvalue weighted by Gasteiger charge is -2.12. The van der Waals surface area contributed by atoms with Crippen LogP contribution in [0, 0.1) is 0 Å². The summed E-state index contributed by atoms with van der Waals surface area (Å²) < 4.78 is 8.56. The van der Waals surface area contributed by atoms with E-state index < -0.39 is 0 Å². The van der Waals surface area contributed by atoms with E-state index in [4.69, 9.17) is 24.4 Å². The minimum Gasteiger partial charge on any atom is -0.456 e. The van der Waals surface area contributed by atoms with Crippen LogP contribution in [0.4, 0.5) is 0 Å². The van der Waals surface area contributed by atoms with Crippen molar-refractivity contribution in [3.05, 3.63) is 188 Å². The first-order chi connectivity index (χ1) is 27.7. The van der Waals surface area contributed by atoms with Crippen molar-refractivity contribution in [2.75, 3.05) is 0 Å². The Balaban J connectivity index is 1.09. The Morgan fingerprint density at radius 3 is 1.84 bits per heavy atom. The zero-order valence-electron chi connectivity index (χ0n) is 30.0. The van der Waals surface area contributed by atoms with E-state index in [9.17, 15) is 0 Å². The molecule has 0 unspecified atom stereocenters. The molecule has 0 N–H and O–H groups in total. The predicted octanol–water partition coefficient (Wildman–Crippen LogP) is 12.6. The van der Waals surface area contributed by atoms with Gasteiger partial charge < -0.3 is 8.98 Å². The number of hydrogen-bond acceptors (Lipinski definition) is 5. The van der Waals surface area contributed by atoms with Gasteiger partial charge in [-0.25, -0.2) is 15.0 Å². The third kappa shape index (κ3) is 5.35. The molecule has 0 aliphatic heterocycles. The van der Waals surface area contributed by atoms with E-state index >= 15 is 0 Å². The Labute approximate surface area is 322 Å². The lowest BCUT2D eigenvalue weighted by Crippen LogP contribution is -2.02. The van der Waals surface area contributed by atoms with Crippen LogP contribution >= 0.6 is 0 Å². The average Bonchev–Trinajstić information content (AvgIpc) is 3.83. The van der Waals surface area contributed by atoms with E-state index in [-0.39, 0.29) is 0 Å². The van der Waals surface area contributed by atoms with Crippen molar-refractivity contribution in [2.45, 2.75) is 0 Å². The number of nitrogens with zero attached hydrogens (tertiary/aromatic N) is 5. The van der Waals surface area contributed by atoms with Gasteiger partial charge in [-0.3, -0.25) is 4.98 Å². The van der Waals surface area contributed by atoms with Crippen molar-refractivity contribution in [1.29, 1.82) is 0 Å². The van der Waals surface area contributed by atoms with E-state index in [0.29, 0.717) is 17.5 Å². The molecule has 0 aliphatic rings. The van der Waals surface area contributed by atoms with Gasteiger partial charge in [-0.2, -0.15) is 0 Å². The van der Waals surface area contributed by atoms with Crippen LogP contribution in [0.25, 0.3) is 106 Å². The molecule has 0 amide bonds. The van der Waals surface area contributed by atoms with Gasteiger partial charge in [0, 0.05) is 44.4 Å². The maximum atomic E-state index is 6.27. The molecule has 56 heavy (non-hydrogen) atoms. The van der Waals surface area contributed by atoms with Crippen molar-refractivity contribution in [2.24, 2.45) is 0 Å².